The van der Waals surface area contributed by atoms with Crippen LogP contribution < -0.4 is 11.1 Å². The molecule has 3 N–H and O–H groups in total. The summed E-state index contributed by atoms with van der Waals surface area (Å²) in [4.78, 5) is 22.0. The summed E-state index contributed by atoms with van der Waals surface area (Å²) in [6.45, 7) is 0. The second kappa shape index (κ2) is 6.23. The Balaban J connectivity index is 2.08. The Kier molecular flexibility index (Phi) is 4.39. The van der Waals surface area contributed by atoms with E-state index in [-0.39, 0.29) is 23.0 Å². The van der Waals surface area contributed by atoms with Crippen LogP contribution in [0, 0.1) is 10.1 Å². The van der Waals surface area contributed by atoms with Gasteiger partial charge in [-0.1, -0.05) is 23.7 Å². The predicted molar refractivity (Wildman–Crippen MR) is 81.3 cm³/mol. The van der Waals surface area contributed by atoms with Crippen molar-refractivity contribution < 1.29 is 9.72 Å². The minimum absolute atomic E-state index is 0.116. The zero-order chi connectivity index (χ0) is 15.4. The molecule has 0 radical (unpaired) electrons. The second-order valence-electron chi connectivity index (χ2n) is 4.39. The van der Waals surface area contributed by atoms with Crippen molar-refractivity contribution in [1.82, 2.24) is 0 Å². The molecular formula is C14H12ClN3O3. The van der Waals surface area contributed by atoms with E-state index in [1.165, 1.54) is 18.2 Å². The van der Waals surface area contributed by atoms with E-state index in [9.17, 15) is 14.9 Å². The number of nitrogen functional groups attached to an aromatic ring is 1. The van der Waals surface area contributed by atoms with Crippen molar-refractivity contribution in [3.63, 3.8) is 0 Å². The van der Waals surface area contributed by atoms with Crippen molar-refractivity contribution in [1.29, 1.82) is 0 Å². The van der Waals surface area contributed by atoms with Gasteiger partial charge in [0.2, 0.25) is 5.91 Å². The van der Waals surface area contributed by atoms with Gasteiger partial charge in [0.1, 0.15) is 0 Å². The lowest BCUT2D eigenvalue weighted by Gasteiger charge is -2.07. The van der Waals surface area contributed by atoms with Gasteiger partial charge in [0, 0.05) is 17.8 Å². The molecule has 2 rings (SSSR count). The summed E-state index contributed by atoms with van der Waals surface area (Å²) in [6.07, 6.45) is 0.137. The van der Waals surface area contributed by atoms with Gasteiger partial charge in [-0.25, -0.2) is 0 Å². The van der Waals surface area contributed by atoms with E-state index in [1.807, 2.05) is 0 Å². The van der Waals surface area contributed by atoms with Gasteiger partial charge in [-0.3, -0.25) is 14.9 Å². The molecule has 0 bridgehead atoms. The first-order valence-electron chi connectivity index (χ1n) is 6.04. The lowest BCUT2D eigenvalue weighted by atomic mass is 10.1. The van der Waals surface area contributed by atoms with E-state index in [0.717, 1.165) is 5.56 Å². The number of nitro groups is 1. The highest BCUT2D eigenvalue weighted by molar-refractivity contribution is 6.34. The van der Waals surface area contributed by atoms with Crippen LogP contribution in [0.1, 0.15) is 5.56 Å². The molecule has 0 saturated heterocycles. The van der Waals surface area contributed by atoms with Crippen molar-refractivity contribution in [2.75, 3.05) is 11.1 Å². The summed E-state index contributed by atoms with van der Waals surface area (Å²) < 4.78 is 0. The molecule has 7 heteroatoms. The normalized spacial score (nSPS) is 10.1. The van der Waals surface area contributed by atoms with E-state index in [1.54, 1.807) is 24.3 Å². The Morgan fingerprint density at radius 2 is 2.05 bits per heavy atom. The molecule has 108 valence electrons. The number of nitrogens with two attached hydrogens (primary N) is 1. The third-order valence-corrected chi connectivity index (χ3v) is 3.07. The molecule has 21 heavy (non-hydrogen) atoms. The molecule has 2 aromatic carbocycles. The first-order valence-corrected chi connectivity index (χ1v) is 6.42. The van der Waals surface area contributed by atoms with Crippen molar-refractivity contribution in [3.8, 4) is 0 Å². The Morgan fingerprint density at radius 3 is 2.67 bits per heavy atom. The Hall–Kier alpha value is -2.60. The van der Waals surface area contributed by atoms with Gasteiger partial charge >= 0.3 is 0 Å². The van der Waals surface area contributed by atoms with Gasteiger partial charge in [0.15, 0.2) is 0 Å². The highest BCUT2D eigenvalue weighted by atomic mass is 35.5. The van der Waals surface area contributed by atoms with Gasteiger partial charge in [-0.05, 0) is 23.8 Å². The van der Waals surface area contributed by atoms with Crippen LogP contribution in [0.15, 0.2) is 42.5 Å². The third-order valence-electron chi connectivity index (χ3n) is 2.75. The number of nitrogens with zero attached hydrogens (tertiary/aromatic N) is 1. The molecule has 0 aliphatic carbocycles. The molecular weight excluding hydrogens is 294 g/mol. The SMILES string of the molecule is Nc1cccc(CC(=O)Nc2ccc([N+](=O)[O-])cc2Cl)c1. The fourth-order valence-corrected chi connectivity index (χ4v) is 2.02. The molecule has 0 atom stereocenters. The maximum atomic E-state index is 11.9. The largest absolute Gasteiger partial charge is 0.399 e. The second-order valence-corrected chi connectivity index (χ2v) is 4.80. The van der Waals surface area contributed by atoms with Crippen LogP contribution >= 0.6 is 11.6 Å². The van der Waals surface area contributed by atoms with Crippen LogP contribution in [0.4, 0.5) is 17.1 Å². The fraction of sp³-hybridized carbons (Fsp3) is 0.0714. The van der Waals surface area contributed by atoms with Crippen LogP contribution in [0.5, 0.6) is 0 Å². The average molecular weight is 306 g/mol. The maximum Gasteiger partial charge on any atom is 0.271 e. The summed E-state index contributed by atoms with van der Waals surface area (Å²) in [6, 6.07) is 10.9. The Labute approximate surface area is 125 Å². The molecule has 0 spiro atoms. The number of halogens is 1. The van der Waals surface area contributed by atoms with Crippen molar-refractivity contribution in [3.05, 3.63) is 63.2 Å². The van der Waals surface area contributed by atoms with Crippen molar-refractivity contribution in [2.45, 2.75) is 6.42 Å². The molecule has 6 nitrogen and oxygen atoms in total. The van der Waals surface area contributed by atoms with Crippen LogP contribution in [-0.2, 0) is 11.2 Å². The van der Waals surface area contributed by atoms with Gasteiger partial charge in [-0.2, -0.15) is 0 Å². The van der Waals surface area contributed by atoms with Gasteiger partial charge in [-0.15, -0.1) is 0 Å². The van der Waals surface area contributed by atoms with Crippen LogP contribution in [0.3, 0.4) is 0 Å². The Bertz CT molecular complexity index is 704. The molecule has 0 saturated carbocycles. The fourth-order valence-electron chi connectivity index (χ4n) is 1.80. The van der Waals surface area contributed by atoms with Crippen LogP contribution in [0.2, 0.25) is 5.02 Å². The quantitative estimate of drug-likeness (QED) is 0.515. The van der Waals surface area contributed by atoms with E-state index in [2.05, 4.69) is 5.32 Å². The smallest absolute Gasteiger partial charge is 0.271 e. The number of rotatable bonds is 4. The number of hydrogen-bond acceptors (Lipinski definition) is 4. The van der Waals surface area contributed by atoms with Crippen LogP contribution in [-0.4, -0.2) is 10.8 Å². The number of amides is 1. The standard InChI is InChI=1S/C14H12ClN3O3/c15-12-8-11(18(20)21)4-5-13(12)17-14(19)7-9-2-1-3-10(16)6-9/h1-6,8H,7,16H2,(H,17,19). The number of hydrogen-bond donors (Lipinski definition) is 2. The average Bonchev–Trinajstić information content (AvgIpc) is 2.40. The van der Waals surface area contributed by atoms with E-state index < -0.39 is 4.92 Å². The highest BCUT2D eigenvalue weighted by Gasteiger charge is 2.11. The van der Waals surface area contributed by atoms with Crippen molar-refractivity contribution >= 4 is 34.6 Å². The molecule has 0 aromatic heterocycles. The monoisotopic (exact) mass is 305 g/mol. The number of anilines is 2. The number of non-ortho nitro benzene ring substituents is 1. The minimum atomic E-state index is -0.551. The molecule has 1 amide bonds. The number of nitro benzene ring substituents is 1. The first-order chi connectivity index (χ1) is 9.95. The summed E-state index contributed by atoms with van der Waals surface area (Å²) >= 11 is 5.91. The summed E-state index contributed by atoms with van der Waals surface area (Å²) in [5.41, 5.74) is 7.18. The first kappa shape index (κ1) is 14.8. The molecule has 0 fully saturated rings. The highest BCUT2D eigenvalue weighted by Crippen LogP contribution is 2.26. The summed E-state index contributed by atoms with van der Waals surface area (Å²) in [5.74, 6) is -0.281. The maximum absolute atomic E-state index is 11.9. The zero-order valence-corrected chi connectivity index (χ0v) is 11.6. The summed E-state index contributed by atoms with van der Waals surface area (Å²) in [5, 5.41) is 13.3. The lowest BCUT2D eigenvalue weighted by Crippen LogP contribution is -2.14. The molecule has 0 unspecified atom stereocenters. The zero-order valence-electron chi connectivity index (χ0n) is 10.9. The molecule has 0 aliphatic rings. The Morgan fingerprint density at radius 1 is 1.29 bits per heavy atom. The third kappa shape index (κ3) is 3.93. The number of benzene rings is 2. The number of nitrogens with one attached hydrogen (secondary N) is 1. The van der Waals surface area contributed by atoms with Gasteiger partial charge in [0.05, 0.1) is 22.1 Å². The number of carbonyl (C=O) groups is 1. The molecule has 2 aromatic rings. The molecule has 0 aliphatic heterocycles. The lowest BCUT2D eigenvalue weighted by molar-refractivity contribution is -0.384. The van der Waals surface area contributed by atoms with Crippen LogP contribution in [0.25, 0.3) is 0 Å². The van der Waals surface area contributed by atoms with E-state index in [4.69, 9.17) is 17.3 Å². The molecule has 0 heterocycles. The predicted octanol–water partition coefficient (Wildman–Crippen LogP) is 3.01. The van der Waals surface area contributed by atoms with Crippen molar-refractivity contribution in [2.24, 2.45) is 0 Å². The van der Waals surface area contributed by atoms with E-state index in [0.29, 0.717) is 11.4 Å². The minimum Gasteiger partial charge on any atom is -0.399 e. The summed E-state index contributed by atoms with van der Waals surface area (Å²) in [7, 11) is 0. The van der Waals surface area contributed by atoms with Gasteiger partial charge in [0.25, 0.3) is 5.69 Å². The van der Waals surface area contributed by atoms with Gasteiger partial charge < -0.3 is 11.1 Å². The number of carbonyl (C=O) groups excluding carboxylic acids is 1. The van der Waals surface area contributed by atoms with E-state index >= 15 is 0 Å². The topological polar surface area (TPSA) is 98.3 Å².